The summed E-state index contributed by atoms with van der Waals surface area (Å²) in [7, 11) is 0. The molecule has 0 saturated carbocycles. The summed E-state index contributed by atoms with van der Waals surface area (Å²) in [5.41, 5.74) is -0.0505. The predicted molar refractivity (Wildman–Crippen MR) is 125 cm³/mol. The van der Waals surface area contributed by atoms with Crippen LogP contribution in [0.25, 0.3) is 0 Å². The van der Waals surface area contributed by atoms with Crippen LogP contribution in [0.2, 0.25) is 0 Å². The van der Waals surface area contributed by atoms with Crippen LogP contribution in [-0.2, 0) is 17.7 Å². The van der Waals surface area contributed by atoms with Gasteiger partial charge in [-0.1, -0.05) is 36.4 Å². The first-order valence-electron chi connectivity index (χ1n) is 10.9. The smallest absolute Gasteiger partial charge is 0.410 e. The molecule has 1 atom stereocenters. The highest BCUT2D eigenvalue weighted by molar-refractivity contribution is 5.68. The molecule has 8 heteroatoms. The molecule has 0 aliphatic carbocycles. The first-order chi connectivity index (χ1) is 16.0. The van der Waals surface area contributed by atoms with Gasteiger partial charge in [0, 0.05) is 24.2 Å². The van der Waals surface area contributed by atoms with Gasteiger partial charge in [0.05, 0.1) is 12.2 Å². The molecule has 3 rings (SSSR count). The summed E-state index contributed by atoms with van der Waals surface area (Å²) in [6, 6.07) is 14.2. The molecule has 1 unspecified atom stereocenters. The van der Waals surface area contributed by atoms with E-state index in [-0.39, 0.29) is 24.3 Å². The molecule has 0 fully saturated rings. The van der Waals surface area contributed by atoms with Crippen LogP contribution in [0.15, 0.2) is 65.6 Å². The lowest BCUT2D eigenvalue weighted by atomic mass is 10.1. The van der Waals surface area contributed by atoms with Crippen LogP contribution >= 0.6 is 0 Å². The third kappa shape index (κ3) is 6.66. The highest BCUT2D eigenvalue weighted by Gasteiger charge is 2.23. The molecule has 1 N–H and O–H groups in total. The number of aromatic nitrogens is 1. The molecule has 1 heterocycles. The predicted octanol–water partition coefficient (Wildman–Crippen LogP) is 4.96. The number of nitrogens with zero attached hydrogens (tertiary/aromatic N) is 1. The summed E-state index contributed by atoms with van der Waals surface area (Å²) >= 11 is 0. The number of pyridine rings is 1. The SMILES string of the molecule is Cc1c(OC(Cc2ccccc2)NC(=O)OC(C)(C)C)c(=O)ccn1Cc1c(F)cccc1F. The molecule has 1 amide bonds. The van der Waals surface area contributed by atoms with Gasteiger partial charge in [0.1, 0.15) is 17.2 Å². The molecule has 0 radical (unpaired) electrons. The van der Waals surface area contributed by atoms with Gasteiger partial charge in [0.2, 0.25) is 5.43 Å². The van der Waals surface area contributed by atoms with Crippen LogP contribution < -0.4 is 15.5 Å². The van der Waals surface area contributed by atoms with Crippen molar-refractivity contribution in [1.29, 1.82) is 0 Å². The number of nitrogens with one attached hydrogen (secondary N) is 1. The summed E-state index contributed by atoms with van der Waals surface area (Å²) in [4.78, 5) is 25.1. The number of benzene rings is 2. The van der Waals surface area contributed by atoms with E-state index in [1.165, 1.54) is 35.0 Å². The fourth-order valence-corrected chi connectivity index (χ4v) is 3.35. The Kier molecular flexibility index (Phi) is 7.71. The highest BCUT2D eigenvalue weighted by Crippen LogP contribution is 2.19. The Balaban J connectivity index is 1.90. The third-order valence-electron chi connectivity index (χ3n) is 4.98. The zero-order chi connectivity index (χ0) is 24.9. The van der Waals surface area contributed by atoms with E-state index in [0.29, 0.717) is 5.69 Å². The summed E-state index contributed by atoms with van der Waals surface area (Å²) in [6.45, 7) is 6.69. The van der Waals surface area contributed by atoms with Crippen molar-refractivity contribution in [3.05, 3.63) is 99.5 Å². The van der Waals surface area contributed by atoms with Crippen molar-refractivity contribution in [3.8, 4) is 5.75 Å². The Hall–Kier alpha value is -3.68. The van der Waals surface area contributed by atoms with Gasteiger partial charge in [0.25, 0.3) is 0 Å². The molecule has 34 heavy (non-hydrogen) atoms. The number of ether oxygens (including phenoxy) is 2. The number of amides is 1. The molecule has 180 valence electrons. The topological polar surface area (TPSA) is 69.6 Å². The van der Waals surface area contributed by atoms with Crippen molar-refractivity contribution >= 4 is 6.09 Å². The van der Waals surface area contributed by atoms with Crippen LogP contribution in [0.4, 0.5) is 13.6 Å². The molecule has 3 aromatic rings. The van der Waals surface area contributed by atoms with Gasteiger partial charge in [0.15, 0.2) is 12.0 Å². The molecule has 0 aliphatic rings. The number of hydrogen-bond donors (Lipinski definition) is 1. The second kappa shape index (κ2) is 10.5. The van der Waals surface area contributed by atoms with E-state index in [4.69, 9.17) is 9.47 Å². The molecule has 0 spiro atoms. The lowest BCUT2D eigenvalue weighted by Gasteiger charge is -2.25. The van der Waals surface area contributed by atoms with E-state index >= 15 is 0 Å². The van der Waals surface area contributed by atoms with E-state index in [1.807, 2.05) is 30.3 Å². The third-order valence-corrected chi connectivity index (χ3v) is 4.98. The summed E-state index contributed by atoms with van der Waals surface area (Å²) in [5, 5.41) is 2.66. The Labute approximate surface area is 197 Å². The molecule has 0 bridgehead atoms. The first-order valence-corrected chi connectivity index (χ1v) is 10.9. The molecule has 0 saturated heterocycles. The quantitative estimate of drug-likeness (QED) is 0.496. The second-order valence-electron chi connectivity index (χ2n) is 8.87. The maximum atomic E-state index is 14.2. The van der Waals surface area contributed by atoms with E-state index < -0.39 is 35.0 Å². The minimum absolute atomic E-state index is 0.0313. The van der Waals surface area contributed by atoms with E-state index in [0.717, 1.165) is 5.56 Å². The van der Waals surface area contributed by atoms with E-state index in [1.54, 1.807) is 27.7 Å². The molecule has 1 aromatic heterocycles. The summed E-state index contributed by atoms with van der Waals surface area (Å²) in [5.74, 6) is -1.40. The largest absolute Gasteiger partial charge is 0.464 e. The van der Waals surface area contributed by atoms with Gasteiger partial charge >= 0.3 is 6.09 Å². The maximum absolute atomic E-state index is 14.2. The van der Waals surface area contributed by atoms with Crippen molar-refractivity contribution in [1.82, 2.24) is 9.88 Å². The molecular formula is C26H28F2N2O4. The van der Waals surface area contributed by atoms with Crippen LogP contribution in [0, 0.1) is 18.6 Å². The first kappa shape index (κ1) is 25.0. The Bertz CT molecular complexity index is 1180. The Morgan fingerprint density at radius 3 is 2.29 bits per heavy atom. The zero-order valence-corrected chi connectivity index (χ0v) is 19.6. The number of carbonyl (C=O) groups excluding carboxylic acids is 1. The van der Waals surface area contributed by atoms with Crippen molar-refractivity contribution < 1.29 is 23.0 Å². The standard InChI is InChI=1S/C26H28F2N2O4/c1-17-24(22(31)13-14-30(17)16-19-20(27)11-8-12-21(19)28)33-23(15-18-9-6-5-7-10-18)29-25(32)34-26(2,3)4/h5-14,23H,15-16H2,1-4H3,(H,29,32). The van der Waals surface area contributed by atoms with Crippen molar-refractivity contribution in [3.63, 3.8) is 0 Å². The number of halogens is 2. The van der Waals surface area contributed by atoms with Gasteiger partial charge in [-0.05, 0) is 45.4 Å². The van der Waals surface area contributed by atoms with E-state index in [9.17, 15) is 18.4 Å². The van der Waals surface area contributed by atoms with Gasteiger partial charge in [-0.25, -0.2) is 13.6 Å². The average Bonchev–Trinajstić information content (AvgIpc) is 2.74. The van der Waals surface area contributed by atoms with Gasteiger partial charge < -0.3 is 14.0 Å². The second-order valence-corrected chi connectivity index (χ2v) is 8.87. The number of alkyl carbamates (subject to hydrolysis) is 1. The number of hydrogen-bond acceptors (Lipinski definition) is 4. The van der Waals surface area contributed by atoms with Crippen LogP contribution in [-0.4, -0.2) is 22.5 Å². The highest BCUT2D eigenvalue weighted by atomic mass is 19.1. The monoisotopic (exact) mass is 470 g/mol. The molecule has 0 aliphatic heterocycles. The van der Waals surface area contributed by atoms with Gasteiger partial charge in [-0.2, -0.15) is 0 Å². The van der Waals surface area contributed by atoms with Gasteiger partial charge in [-0.3, -0.25) is 10.1 Å². The Morgan fingerprint density at radius 2 is 1.68 bits per heavy atom. The fourth-order valence-electron chi connectivity index (χ4n) is 3.35. The van der Waals surface area contributed by atoms with Crippen LogP contribution in [0.3, 0.4) is 0 Å². The Morgan fingerprint density at radius 1 is 1.03 bits per heavy atom. The van der Waals surface area contributed by atoms with Crippen molar-refractivity contribution in [2.75, 3.05) is 0 Å². The molecule has 2 aromatic carbocycles. The van der Waals surface area contributed by atoms with Crippen molar-refractivity contribution in [2.45, 2.75) is 52.5 Å². The van der Waals surface area contributed by atoms with Crippen LogP contribution in [0.1, 0.15) is 37.6 Å². The molecular weight excluding hydrogens is 442 g/mol. The number of carbonyl (C=O) groups is 1. The minimum Gasteiger partial charge on any atom is -0.464 e. The summed E-state index contributed by atoms with van der Waals surface area (Å²) < 4.78 is 41.2. The zero-order valence-electron chi connectivity index (χ0n) is 19.6. The average molecular weight is 471 g/mol. The normalized spacial score (nSPS) is 12.2. The number of rotatable bonds is 7. The lowest BCUT2D eigenvalue weighted by molar-refractivity contribution is 0.0391. The van der Waals surface area contributed by atoms with E-state index in [2.05, 4.69) is 5.32 Å². The lowest BCUT2D eigenvalue weighted by Crippen LogP contribution is -2.44. The maximum Gasteiger partial charge on any atom is 0.410 e. The minimum atomic E-state index is -0.926. The summed E-state index contributed by atoms with van der Waals surface area (Å²) in [6.07, 6.45) is 0.0835. The van der Waals surface area contributed by atoms with Crippen LogP contribution in [0.5, 0.6) is 5.75 Å². The molecule has 6 nitrogen and oxygen atoms in total. The van der Waals surface area contributed by atoms with Crippen molar-refractivity contribution in [2.24, 2.45) is 0 Å². The fraction of sp³-hybridized carbons (Fsp3) is 0.308. The van der Waals surface area contributed by atoms with Gasteiger partial charge in [-0.15, -0.1) is 0 Å².